The molecule has 0 aromatic rings. The molecule has 1 heterocycles. The van der Waals surface area contributed by atoms with E-state index in [-0.39, 0.29) is 23.6 Å². The molecule has 3 rings (SSSR count). The monoisotopic (exact) mass is 410 g/mol. The lowest BCUT2D eigenvalue weighted by Gasteiger charge is -2.37. The molecule has 1 saturated heterocycles. The summed E-state index contributed by atoms with van der Waals surface area (Å²) < 4.78 is 38.6. The van der Waals surface area contributed by atoms with Crippen LogP contribution in [0.1, 0.15) is 32.1 Å². The Balaban J connectivity index is 1.55. The van der Waals surface area contributed by atoms with Gasteiger partial charge in [0.25, 0.3) is 0 Å². The van der Waals surface area contributed by atoms with Gasteiger partial charge in [-0.3, -0.25) is 20.4 Å². The van der Waals surface area contributed by atoms with Crippen molar-refractivity contribution in [3.8, 4) is 0 Å². The van der Waals surface area contributed by atoms with E-state index in [1.807, 2.05) is 7.05 Å². The maximum atomic E-state index is 14.5. The van der Waals surface area contributed by atoms with Gasteiger partial charge in [-0.15, -0.1) is 16.4 Å². The molecule has 150 valence electrons. The Bertz CT molecular complexity index is 619. The largest absolute Gasteiger partial charge is 0.300 e. The summed E-state index contributed by atoms with van der Waals surface area (Å²) in [7, 11) is -1.61. The highest BCUT2D eigenvalue weighted by atomic mass is 35.5. The average molecular weight is 411 g/mol. The van der Waals surface area contributed by atoms with Gasteiger partial charge in [0.2, 0.25) is 15.9 Å². The Morgan fingerprint density at radius 2 is 2.08 bits per heavy atom. The molecule has 0 spiro atoms. The van der Waals surface area contributed by atoms with Crippen LogP contribution in [-0.4, -0.2) is 62.8 Å². The van der Waals surface area contributed by atoms with E-state index < -0.39 is 33.4 Å². The second kappa shape index (κ2) is 8.26. The zero-order valence-corrected chi connectivity index (χ0v) is 16.5. The van der Waals surface area contributed by atoms with Gasteiger partial charge in [0, 0.05) is 19.3 Å². The fraction of sp³-hybridized carbons (Fsp3) is 0.938. The molecule has 0 radical (unpaired) electrons. The number of carbonyl (C=O) groups is 1. The predicted molar refractivity (Wildman–Crippen MR) is 97.6 cm³/mol. The fourth-order valence-corrected chi connectivity index (χ4v) is 5.79. The van der Waals surface area contributed by atoms with Crippen molar-refractivity contribution in [3.63, 3.8) is 0 Å². The molecule has 2 saturated carbocycles. The van der Waals surface area contributed by atoms with Crippen LogP contribution in [0.5, 0.6) is 0 Å². The van der Waals surface area contributed by atoms with Crippen LogP contribution in [0.4, 0.5) is 4.39 Å². The Labute approximate surface area is 159 Å². The lowest BCUT2D eigenvalue weighted by molar-refractivity contribution is -0.129. The first-order valence-electron chi connectivity index (χ1n) is 9.24. The van der Waals surface area contributed by atoms with Crippen LogP contribution in [0.2, 0.25) is 0 Å². The topological polar surface area (TPSA) is 90.5 Å². The minimum Gasteiger partial charge on any atom is -0.300 e. The Hall–Kier alpha value is -0.480. The van der Waals surface area contributed by atoms with Gasteiger partial charge in [-0.05, 0) is 44.6 Å². The lowest BCUT2D eigenvalue weighted by Crippen LogP contribution is -2.52. The number of carbonyl (C=O) groups excluding carboxylic acids is 1. The van der Waals surface area contributed by atoms with Crippen molar-refractivity contribution in [3.05, 3.63) is 0 Å². The van der Waals surface area contributed by atoms with Crippen LogP contribution in [0, 0.1) is 17.8 Å². The molecule has 1 aliphatic heterocycles. The van der Waals surface area contributed by atoms with E-state index in [9.17, 15) is 17.6 Å². The van der Waals surface area contributed by atoms with Crippen molar-refractivity contribution in [1.29, 1.82) is 0 Å². The molecule has 0 aromatic carbocycles. The number of sulfonamides is 1. The van der Waals surface area contributed by atoms with E-state index in [0.717, 1.165) is 32.5 Å². The molecule has 26 heavy (non-hydrogen) atoms. The summed E-state index contributed by atoms with van der Waals surface area (Å²) in [5.41, 5.74) is 2.21. The number of halogens is 2. The van der Waals surface area contributed by atoms with Crippen molar-refractivity contribution >= 4 is 27.5 Å². The molecular weight excluding hydrogens is 383 g/mol. The first-order valence-corrected chi connectivity index (χ1v) is 11.3. The van der Waals surface area contributed by atoms with E-state index >= 15 is 0 Å². The van der Waals surface area contributed by atoms with Crippen molar-refractivity contribution < 1.29 is 17.6 Å². The lowest BCUT2D eigenvalue weighted by atomic mass is 9.76. The quantitative estimate of drug-likeness (QED) is 0.440. The standard InChI is InChI=1S/C16H28ClFN4O3S/c1-22-7-14(19-9-22)11-5-12(15(18)13(17)6-11)16(23)20-21-26(24,25)8-10-3-2-4-10/h10-15,19,21H,2-9H2,1H3,(H,20,23). The molecule has 10 heteroatoms. The molecule has 1 amide bonds. The van der Waals surface area contributed by atoms with Gasteiger partial charge in [-0.1, -0.05) is 6.42 Å². The van der Waals surface area contributed by atoms with Gasteiger partial charge in [-0.2, -0.15) is 0 Å². The molecule has 2 aliphatic carbocycles. The third kappa shape index (κ3) is 4.86. The summed E-state index contributed by atoms with van der Waals surface area (Å²) in [5.74, 6) is -1.37. The molecule has 5 atom stereocenters. The van der Waals surface area contributed by atoms with Gasteiger partial charge in [-0.25, -0.2) is 12.8 Å². The van der Waals surface area contributed by atoms with E-state index in [1.54, 1.807) is 0 Å². The molecule has 7 nitrogen and oxygen atoms in total. The van der Waals surface area contributed by atoms with Gasteiger partial charge < -0.3 is 0 Å². The maximum absolute atomic E-state index is 14.5. The fourth-order valence-electron chi connectivity index (χ4n) is 4.09. The highest BCUT2D eigenvalue weighted by Gasteiger charge is 2.44. The zero-order chi connectivity index (χ0) is 18.9. The van der Waals surface area contributed by atoms with E-state index in [2.05, 4.69) is 20.5 Å². The van der Waals surface area contributed by atoms with E-state index in [1.165, 1.54) is 0 Å². The van der Waals surface area contributed by atoms with E-state index in [4.69, 9.17) is 11.6 Å². The highest BCUT2D eigenvalue weighted by molar-refractivity contribution is 7.89. The summed E-state index contributed by atoms with van der Waals surface area (Å²) in [6, 6.07) is 0.166. The number of rotatable bonds is 6. The molecule has 3 fully saturated rings. The number of nitrogens with zero attached hydrogens (tertiary/aromatic N) is 1. The minimum absolute atomic E-state index is 0.00388. The van der Waals surface area contributed by atoms with Crippen molar-refractivity contribution in [1.82, 2.24) is 20.5 Å². The van der Waals surface area contributed by atoms with Gasteiger partial charge >= 0.3 is 0 Å². The predicted octanol–water partition coefficient (Wildman–Crippen LogP) is 0.570. The second-order valence-electron chi connectivity index (χ2n) is 7.98. The maximum Gasteiger partial charge on any atom is 0.241 e. The molecular formula is C16H28ClFN4O3S. The van der Waals surface area contributed by atoms with Crippen LogP contribution in [0.15, 0.2) is 0 Å². The molecule has 3 N–H and O–H groups in total. The molecule has 0 bridgehead atoms. The van der Waals surface area contributed by atoms with Crippen LogP contribution >= 0.6 is 11.6 Å². The number of alkyl halides is 2. The summed E-state index contributed by atoms with van der Waals surface area (Å²) >= 11 is 6.17. The van der Waals surface area contributed by atoms with Crippen molar-refractivity contribution in [2.75, 3.05) is 26.0 Å². The van der Waals surface area contributed by atoms with Gasteiger partial charge in [0.1, 0.15) is 6.17 Å². The number of hydrazine groups is 1. The summed E-state index contributed by atoms with van der Waals surface area (Å²) in [5, 5.41) is 2.62. The zero-order valence-electron chi connectivity index (χ0n) is 15.0. The molecule has 0 aromatic heterocycles. The van der Waals surface area contributed by atoms with Crippen molar-refractivity contribution in [2.24, 2.45) is 17.8 Å². The SMILES string of the molecule is CN1CNC(C2CC(Cl)C(F)C(C(=O)NNS(=O)(=O)CC3CCC3)C2)C1. The number of amides is 1. The third-order valence-electron chi connectivity index (χ3n) is 5.86. The minimum atomic E-state index is -3.60. The van der Waals surface area contributed by atoms with E-state index in [0.29, 0.717) is 12.8 Å². The normalized spacial score (nSPS) is 36.7. The summed E-state index contributed by atoms with van der Waals surface area (Å²) in [6.45, 7) is 1.58. The molecule has 3 aliphatic rings. The van der Waals surface area contributed by atoms with Crippen LogP contribution < -0.4 is 15.6 Å². The highest BCUT2D eigenvalue weighted by Crippen LogP contribution is 2.37. The number of likely N-dealkylation sites (N-methyl/N-ethyl adjacent to an activating group) is 1. The Morgan fingerprint density at radius 3 is 2.65 bits per heavy atom. The first-order chi connectivity index (χ1) is 12.2. The Kier molecular flexibility index (Phi) is 6.44. The number of nitrogens with one attached hydrogen (secondary N) is 3. The third-order valence-corrected chi connectivity index (χ3v) is 7.60. The number of hydrogen-bond donors (Lipinski definition) is 3. The van der Waals surface area contributed by atoms with Crippen LogP contribution in [-0.2, 0) is 14.8 Å². The Morgan fingerprint density at radius 1 is 1.35 bits per heavy atom. The second-order valence-corrected chi connectivity index (χ2v) is 10.3. The number of hydrogen-bond acceptors (Lipinski definition) is 5. The first kappa shape index (κ1) is 20.3. The van der Waals surface area contributed by atoms with Crippen LogP contribution in [0.25, 0.3) is 0 Å². The smallest absolute Gasteiger partial charge is 0.241 e. The van der Waals surface area contributed by atoms with Crippen LogP contribution in [0.3, 0.4) is 0 Å². The summed E-state index contributed by atoms with van der Waals surface area (Å²) in [6.07, 6.45) is 2.20. The van der Waals surface area contributed by atoms with Crippen molar-refractivity contribution in [2.45, 2.75) is 49.7 Å². The average Bonchev–Trinajstić information content (AvgIpc) is 2.98. The van der Waals surface area contributed by atoms with Gasteiger partial charge in [0.15, 0.2) is 0 Å². The summed E-state index contributed by atoms with van der Waals surface area (Å²) in [4.78, 5) is 16.7. The van der Waals surface area contributed by atoms with Gasteiger partial charge in [0.05, 0.1) is 17.0 Å². The molecule has 5 unspecified atom stereocenters.